The Morgan fingerprint density at radius 3 is 2.35 bits per heavy atom. The van der Waals surface area contributed by atoms with Gasteiger partial charge in [-0.1, -0.05) is 49.9 Å². The summed E-state index contributed by atoms with van der Waals surface area (Å²) in [5, 5.41) is 9.83. The molecule has 7 heteroatoms. The van der Waals surface area contributed by atoms with Gasteiger partial charge in [0.25, 0.3) is 0 Å². The van der Waals surface area contributed by atoms with E-state index in [2.05, 4.69) is 57.8 Å². The largest absolute Gasteiger partial charge is 0.339 e. The number of aromatic nitrogens is 3. The van der Waals surface area contributed by atoms with Crippen LogP contribution in [0.15, 0.2) is 29.4 Å². The lowest BCUT2D eigenvalue weighted by atomic mass is 10.0. The molecule has 0 radical (unpaired) electrons. The second-order valence-electron chi connectivity index (χ2n) is 9.56. The van der Waals surface area contributed by atoms with E-state index in [1.54, 1.807) is 11.8 Å². The number of nitrogens with zero attached hydrogens (tertiary/aromatic N) is 5. The maximum atomic E-state index is 12.8. The Hall–Kier alpha value is -1.86. The lowest BCUT2D eigenvalue weighted by molar-refractivity contribution is -0.130. The number of hydrogen-bond donors (Lipinski definition) is 0. The summed E-state index contributed by atoms with van der Waals surface area (Å²) in [5.74, 6) is 3.02. The second kappa shape index (κ2) is 8.94. The van der Waals surface area contributed by atoms with Gasteiger partial charge in [0.2, 0.25) is 5.91 Å². The van der Waals surface area contributed by atoms with Gasteiger partial charge in [0, 0.05) is 44.7 Å². The van der Waals surface area contributed by atoms with Crippen molar-refractivity contribution in [1.29, 1.82) is 0 Å². The molecule has 31 heavy (non-hydrogen) atoms. The van der Waals surface area contributed by atoms with Crippen molar-refractivity contribution in [2.75, 3.05) is 31.9 Å². The van der Waals surface area contributed by atoms with Gasteiger partial charge in [-0.3, -0.25) is 9.69 Å². The average molecular weight is 440 g/mol. The molecule has 166 valence electrons. The highest BCUT2D eigenvalue weighted by Crippen LogP contribution is 2.46. The fourth-order valence-corrected chi connectivity index (χ4v) is 5.24. The predicted molar refractivity (Wildman–Crippen MR) is 123 cm³/mol. The average Bonchev–Trinajstić information content (AvgIpc) is 3.72. The van der Waals surface area contributed by atoms with Gasteiger partial charge < -0.3 is 9.47 Å². The van der Waals surface area contributed by atoms with Crippen LogP contribution in [0, 0.1) is 0 Å². The molecule has 5 rings (SSSR count). The summed E-state index contributed by atoms with van der Waals surface area (Å²) in [7, 11) is 0. The maximum absolute atomic E-state index is 12.8. The molecule has 2 saturated carbocycles. The number of amides is 1. The summed E-state index contributed by atoms with van der Waals surface area (Å²) < 4.78 is 2.33. The first-order chi connectivity index (χ1) is 15.1. The molecule has 2 aliphatic carbocycles. The van der Waals surface area contributed by atoms with Gasteiger partial charge in [0.1, 0.15) is 5.82 Å². The number of benzene rings is 1. The molecule has 3 aliphatic rings. The molecule has 1 amide bonds. The van der Waals surface area contributed by atoms with E-state index in [9.17, 15) is 4.79 Å². The van der Waals surface area contributed by atoms with Crippen molar-refractivity contribution < 1.29 is 4.79 Å². The minimum atomic E-state index is 0.226. The monoisotopic (exact) mass is 439 g/mol. The van der Waals surface area contributed by atoms with Crippen molar-refractivity contribution in [2.24, 2.45) is 0 Å². The first-order valence-corrected chi connectivity index (χ1v) is 12.7. The number of piperazine rings is 1. The van der Waals surface area contributed by atoms with E-state index in [0.29, 0.717) is 23.6 Å². The molecule has 1 aromatic heterocycles. The summed E-state index contributed by atoms with van der Waals surface area (Å²) in [4.78, 5) is 17.3. The van der Waals surface area contributed by atoms with E-state index in [4.69, 9.17) is 0 Å². The van der Waals surface area contributed by atoms with Crippen LogP contribution in [0.2, 0.25) is 0 Å². The summed E-state index contributed by atoms with van der Waals surface area (Å²) >= 11 is 1.57. The van der Waals surface area contributed by atoms with Crippen LogP contribution in [-0.2, 0) is 11.3 Å². The summed E-state index contributed by atoms with van der Waals surface area (Å²) in [6.45, 7) is 8.91. The van der Waals surface area contributed by atoms with E-state index in [-0.39, 0.29) is 5.91 Å². The fraction of sp³-hybridized carbons (Fsp3) is 0.625. The zero-order chi connectivity index (χ0) is 21.4. The van der Waals surface area contributed by atoms with E-state index in [1.165, 1.54) is 36.8 Å². The summed E-state index contributed by atoms with van der Waals surface area (Å²) in [6, 6.07) is 9.55. The summed E-state index contributed by atoms with van der Waals surface area (Å²) in [6.07, 6.45) is 4.92. The molecule has 1 aliphatic heterocycles. The van der Waals surface area contributed by atoms with E-state index < -0.39 is 0 Å². The van der Waals surface area contributed by atoms with Crippen molar-refractivity contribution >= 4 is 17.7 Å². The van der Waals surface area contributed by atoms with Crippen LogP contribution in [-0.4, -0.2) is 62.4 Å². The van der Waals surface area contributed by atoms with Gasteiger partial charge in [-0.25, -0.2) is 0 Å². The topological polar surface area (TPSA) is 54.3 Å². The van der Waals surface area contributed by atoms with Crippen LogP contribution in [0.5, 0.6) is 0 Å². The van der Waals surface area contributed by atoms with Gasteiger partial charge >= 0.3 is 0 Å². The maximum Gasteiger partial charge on any atom is 0.233 e. The molecular weight excluding hydrogens is 406 g/mol. The molecule has 6 nitrogen and oxygen atoms in total. The van der Waals surface area contributed by atoms with Crippen LogP contribution in [0.3, 0.4) is 0 Å². The van der Waals surface area contributed by atoms with Crippen molar-refractivity contribution in [1.82, 2.24) is 24.6 Å². The molecule has 0 spiro atoms. The quantitative estimate of drug-likeness (QED) is 0.581. The third-order valence-electron chi connectivity index (χ3n) is 6.65. The van der Waals surface area contributed by atoms with Gasteiger partial charge in [0.05, 0.1) is 5.75 Å². The van der Waals surface area contributed by atoms with Gasteiger partial charge in [-0.15, -0.1) is 10.2 Å². The van der Waals surface area contributed by atoms with Crippen LogP contribution < -0.4 is 0 Å². The molecule has 1 aromatic carbocycles. The zero-order valence-corrected chi connectivity index (χ0v) is 19.5. The van der Waals surface area contributed by atoms with E-state index >= 15 is 0 Å². The lowest BCUT2D eigenvalue weighted by Crippen LogP contribution is -2.48. The minimum absolute atomic E-state index is 0.226. The number of hydrogen-bond acceptors (Lipinski definition) is 5. The smallest absolute Gasteiger partial charge is 0.233 e. The highest BCUT2D eigenvalue weighted by atomic mass is 32.2. The van der Waals surface area contributed by atoms with Gasteiger partial charge in [-0.2, -0.15) is 0 Å². The van der Waals surface area contributed by atoms with Crippen LogP contribution in [0.25, 0.3) is 0 Å². The fourth-order valence-electron chi connectivity index (χ4n) is 4.32. The van der Waals surface area contributed by atoms with Crippen molar-refractivity contribution in [3.8, 4) is 0 Å². The Morgan fingerprint density at radius 2 is 1.74 bits per heavy atom. The van der Waals surface area contributed by atoms with Gasteiger partial charge in [0.15, 0.2) is 5.16 Å². The standard InChI is InChI=1S/C24H33N5OS/c1-17(2)19-5-3-18(4-6-19)15-27-11-13-28(14-12-27)22(30)16-31-24-26-25-23(20-7-8-20)29(24)21-9-10-21/h3-6,17,20-21H,7-16H2,1-2H3. The minimum Gasteiger partial charge on any atom is -0.339 e. The van der Waals surface area contributed by atoms with E-state index in [1.807, 2.05) is 4.90 Å². The lowest BCUT2D eigenvalue weighted by Gasteiger charge is -2.34. The molecule has 0 unspecified atom stereocenters. The van der Waals surface area contributed by atoms with Crippen molar-refractivity contribution in [2.45, 2.75) is 69.1 Å². The molecule has 2 heterocycles. The number of carbonyl (C=O) groups is 1. The highest BCUT2D eigenvalue weighted by Gasteiger charge is 2.36. The normalized spacial score (nSPS) is 19.9. The molecule has 3 fully saturated rings. The molecule has 0 bridgehead atoms. The molecular formula is C24H33N5OS. The Balaban J connectivity index is 1.10. The predicted octanol–water partition coefficient (Wildman–Crippen LogP) is 4.05. The molecule has 0 atom stereocenters. The number of thioether (sulfide) groups is 1. The van der Waals surface area contributed by atoms with Crippen LogP contribution >= 0.6 is 11.8 Å². The Bertz CT molecular complexity index is 909. The van der Waals surface area contributed by atoms with Crippen LogP contribution in [0.1, 0.15) is 74.4 Å². The molecule has 2 aromatic rings. The molecule has 1 saturated heterocycles. The second-order valence-corrected chi connectivity index (χ2v) is 10.5. The number of carbonyl (C=O) groups excluding carboxylic acids is 1. The zero-order valence-electron chi connectivity index (χ0n) is 18.7. The number of rotatable bonds is 8. The van der Waals surface area contributed by atoms with Gasteiger partial charge in [-0.05, 0) is 42.7 Å². The Morgan fingerprint density at radius 1 is 1.03 bits per heavy atom. The Kier molecular flexibility index (Phi) is 6.06. The SMILES string of the molecule is CC(C)c1ccc(CN2CCN(C(=O)CSc3nnc(C4CC4)n3C3CC3)CC2)cc1. The third kappa shape index (κ3) is 4.98. The summed E-state index contributed by atoms with van der Waals surface area (Å²) in [5.41, 5.74) is 2.74. The third-order valence-corrected chi connectivity index (χ3v) is 7.58. The van der Waals surface area contributed by atoms with E-state index in [0.717, 1.165) is 43.7 Å². The highest BCUT2D eigenvalue weighted by molar-refractivity contribution is 7.99. The van der Waals surface area contributed by atoms with Crippen molar-refractivity contribution in [3.63, 3.8) is 0 Å². The van der Waals surface area contributed by atoms with Crippen molar-refractivity contribution in [3.05, 3.63) is 41.2 Å². The van der Waals surface area contributed by atoms with Crippen LogP contribution in [0.4, 0.5) is 0 Å². The molecule has 0 N–H and O–H groups in total. The first-order valence-electron chi connectivity index (χ1n) is 11.7. The first kappa shape index (κ1) is 21.0. The Labute approximate surface area is 189 Å².